The van der Waals surface area contributed by atoms with Crippen LogP contribution in [0.1, 0.15) is 41.5 Å². The Labute approximate surface area is 157 Å². The van der Waals surface area contributed by atoms with E-state index in [0.717, 1.165) is 30.0 Å². The predicted octanol–water partition coefficient (Wildman–Crippen LogP) is 5.12. The zero-order valence-corrected chi connectivity index (χ0v) is 14.8. The maximum absolute atomic E-state index is 14.0. The molecule has 1 nitrogen and oxygen atoms in total. The number of hydrogen-bond acceptors (Lipinski definition) is 2. The molecule has 0 atom stereocenters. The highest BCUT2D eigenvalue weighted by Gasteiger charge is 2.20. The number of nitrogens with zero attached hydrogens (tertiary/aromatic N) is 1. The van der Waals surface area contributed by atoms with Crippen molar-refractivity contribution in [2.24, 2.45) is 10.9 Å². The first kappa shape index (κ1) is 18.0. The first-order valence-electron chi connectivity index (χ1n) is 8.33. The van der Waals surface area contributed by atoms with Gasteiger partial charge in [-0.15, -0.1) is 4.99 Å². The number of hydrogen-bond donors (Lipinski definition) is 0. The summed E-state index contributed by atoms with van der Waals surface area (Å²) in [5, 5.41) is 2.01. The molecule has 26 heavy (non-hydrogen) atoms. The minimum atomic E-state index is -0.781. The summed E-state index contributed by atoms with van der Waals surface area (Å²) < 4.78 is 27.9. The van der Waals surface area contributed by atoms with Crippen LogP contribution in [-0.4, -0.2) is 5.16 Å². The molecule has 0 radical (unpaired) electrons. The average Bonchev–Trinajstić information content (AvgIpc) is 3.46. The van der Waals surface area contributed by atoms with E-state index in [1.165, 1.54) is 24.8 Å². The lowest BCUT2D eigenvalue weighted by molar-refractivity contribution is 0.577. The van der Waals surface area contributed by atoms with Crippen molar-refractivity contribution in [2.75, 3.05) is 0 Å². The summed E-state index contributed by atoms with van der Waals surface area (Å²) in [4.78, 5) is 3.32. The number of aryl methyl sites for hydroxylation is 1. The third-order valence-electron chi connectivity index (χ3n) is 4.17. The van der Waals surface area contributed by atoms with Crippen molar-refractivity contribution in [3.8, 4) is 23.8 Å². The van der Waals surface area contributed by atoms with Crippen molar-refractivity contribution < 1.29 is 8.78 Å². The van der Waals surface area contributed by atoms with E-state index in [1.807, 2.05) is 17.3 Å². The predicted molar refractivity (Wildman–Crippen MR) is 102 cm³/mol. The second kappa shape index (κ2) is 8.54. The van der Waals surface area contributed by atoms with Crippen molar-refractivity contribution in [2.45, 2.75) is 25.7 Å². The molecule has 0 heterocycles. The van der Waals surface area contributed by atoms with Crippen molar-refractivity contribution in [1.82, 2.24) is 0 Å². The Morgan fingerprint density at radius 1 is 0.962 bits per heavy atom. The Morgan fingerprint density at radius 3 is 2.23 bits per heavy atom. The number of isothiocyanates is 1. The van der Waals surface area contributed by atoms with Crippen LogP contribution < -0.4 is 0 Å². The highest BCUT2D eigenvalue weighted by molar-refractivity contribution is 7.78. The molecular formula is C22H15F2NS. The molecule has 3 rings (SSSR count). The first-order chi connectivity index (χ1) is 12.7. The first-order valence-corrected chi connectivity index (χ1v) is 8.74. The van der Waals surface area contributed by atoms with Gasteiger partial charge >= 0.3 is 0 Å². The zero-order valence-electron chi connectivity index (χ0n) is 14.0. The van der Waals surface area contributed by atoms with Gasteiger partial charge in [-0.2, -0.15) is 0 Å². The highest BCUT2D eigenvalue weighted by atomic mass is 32.1. The molecule has 4 heteroatoms. The summed E-state index contributed by atoms with van der Waals surface area (Å²) in [5.41, 5.74) is 1.99. The van der Waals surface area contributed by atoms with Crippen LogP contribution in [0.15, 0.2) is 41.4 Å². The summed E-state index contributed by atoms with van der Waals surface area (Å²) in [5.74, 6) is 7.33. The molecule has 1 fully saturated rings. The van der Waals surface area contributed by atoms with E-state index in [1.54, 1.807) is 0 Å². The van der Waals surface area contributed by atoms with Crippen molar-refractivity contribution in [3.05, 3.63) is 70.3 Å². The van der Waals surface area contributed by atoms with E-state index in [-0.39, 0.29) is 11.1 Å². The van der Waals surface area contributed by atoms with Crippen LogP contribution in [0.5, 0.6) is 0 Å². The van der Waals surface area contributed by atoms with E-state index in [9.17, 15) is 8.78 Å². The van der Waals surface area contributed by atoms with Gasteiger partial charge in [0.1, 0.15) is 11.6 Å². The fraction of sp³-hybridized carbons (Fsp3) is 0.227. The number of rotatable bonds is 3. The van der Waals surface area contributed by atoms with Gasteiger partial charge in [-0.3, -0.25) is 0 Å². The molecule has 0 spiro atoms. The lowest BCUT2D eigenvalue weighted by Gasteiger charge is -2.00. The van der Waals surface area contributed by atoms with E-state index in [2.05, 4.69) is 53.1 Å². The van der Waals surface area contributed by atoms with Crippen LogP contribution in [0.2, 0.25) is 0 Å². The standard InChI is InChI=1S/C22H15F2NS/c23-21-13-19(14-22(24)20(21)11-12-25-15-26)10-9-18-7-5-17(6-8-18)4-3-16-1-2-16/h5-8,13-14,16H,1-4H2. The largest absolute Gasteiger partial charge is 0.205 e. The monoisotopic (exact) mass is 363 g/mol. The molecule has 0 bridgehead atoms. The van der Waals surface area contributed by atoms with E-state index >= 15 is 0 Å². The summed E-state index contributed by atoms with van der Waals surface area (Å²) >= 11 is 4.35. The molecule has 128 valence electrons. The highest BCUT2D eigenvalue weighted by Crippen LogP contribution is 2.33. The quantitative estimate of drug-likeness (QED) is 0.419. The van der Waals surface area contributed by atoms with E-state index in [4.69, 9.17) is 0 Å². The fourth-order valence-electron chi connectivity index (χ4n) is 2.55. The van der Waals surface area contributed by atoms with Gasteiger partial charge in [0.25, 0.3) is 0 Å². The lowest BCUT2D eigenvalue weighted by atomic mass is 10.1. The van der Waals surface area contributed by atoms with E-state index < -0.39 is 11.6 Å². The van der Waals surface area contributed by atoms with E-state index in [0.29, 0.717) is 0 Å². The van der Waals surface area contributed by atoms with Gasteiger partial charge in [0.2, 0.25) is 0 Å². The van der Waals surface area contributed by atoms with Gasteiger partial charge in [-0.05, 0) is 66.7 Å². The van der Waals surface area contributed by atoms with Gasteiger partial charge in [0, 0.05) is 11.1 Å². The molecule has 0 saturated heterocycles. The molecular weight excluding hydrogens is 348 g/mol. The van der Waals surface area contributed by atoms with Gasteiger partial charge < -0.3 is 0 Å². The molecule has 2 aromatic rings. The van der Waals surface area contributed by atoms with Crippen molar-refractivity contribution in [3.63, 3.8) is 0 Å². The average molecular weight is 363 g/mol. The van der Waals surface area contributed by atoms with Crippen molar-refractivity contribution >= 4 is 17.4 Å². The molecule has 2 aromatic carbocycles. The normalized spacial score (nSPS) is 12.2. The molecule has 0 aliphatic heterocycles. The Morgan fingerprint density at radius 2 is 1.62 bits per heavy atom. The molecule has 1 aliphatic carbocycles. The third-order valence-corrected chi connectivity index (χ3v) is 4.26. The number of thiocarbonyl (C=S) groups is 1. The Hall–Kier alpha value is -2.78. The summed E-state index contributed by atoms with van der Waals surface area (Å²) in [6.45, 7) is 0. The Balaban J connectivity index is 1.73. The number of aliphatic imine (C=N–C) groups is 1. The third kappa shape index (κ3) is 5.11. The molecule has 1 saturated carbocycles. The molecule has 0 N–H and O–H groups in total. The van der Waals surface area contributed by atoms with Crippen LogP contribution >= 0.6 is 12.2 Å². The lowest BCUT2D eigenvalue weighted by Crippen LogP contribution is -1.92. The topological polar surface area (TPSA) is 12.4 Å². The SMILES string of the molecule is Fc1cc(C#Cc2ccc(CCC3CC3)cc2)cc(F)c1C#CN=C=S. The Bertz CT molecular complexity index is 954. The van der Waals surface area contributed by atoms with Crippen LogP contribution in [0.4, 0.5) is 8.78 Å². The van der Waals surface area contributed by atoms with Gasteiger partial charge in [-0.25, -0.2) is 8.78 Å². The molecule has 0 unspecified atom stereocenters. The second-order valence-corrected chi connectivity index (χ2v) is 6.37. The minimum absolute atomic E-state index is 0.252. The Kier molecular flexibility index (Phi) is 5.92. The van der Waals surface area contributed by atoms with Crippen LogP contribution in [0.25, 0.3) is 0 Å². The molecule has 0 amide bonds. The van der Waals surface area contributed by atoms with Gasteiger partial charge in [0.05, 0.1) is 16.8 Å². The second-order valence-electron chi connectivity index (χ2n) is 6.18. The van der Waals surface area contributed by atoms with Crippen LogP contribution in [0, 0.1) is 41.4 Å². The molecule has 1 aliphatic rings. The smallest absolute Gasteiger partial charge is 0.143 e. The molecule has 0 aromatic heterocycles. The van der Waals surface area contributed by atoms with Crippen molar-refractivity contribution in [1.29, 1.82) is 0 Å². The van der Waals surface area contributed by atoms with Crippen LogP contribution in [-0.2, 0) is 6.42 Å². The fourth-order valence-corrected chi connectivity index (χ4v) is 2.59. The minimum Gasteiger partial charge on any atom is -0.205 e. The summed E-state index contributed by atoms with van der Waals surface area (Å²) in [6.07, 6.45) is 5.06. The maximum Gasteiger partial charge on any atom is 0.143 e. The maximum atomic E-state index is 14.0. The summed E-state index contributed by atoms with van der Waals surface area (Å²) in [7, 11) is 0. The zero-order chi connectivity index (χ0) is 18.4. The van der Waals surface area contributed by atoms with Crippen LogP contribution in [0.3, 0.4) is 0 Å². The van der Waals surface area contributed by atoms with Gasteiger partial charge in [-0.1, -0.05) is 36.8 Å². The number of halogens is 2. The summed E-state index contributed by atoms with van der Waals surface area (Å²) in [6, 6.07) is 12.5. The number of benzene rings is 2. The van der Waals surface area contributed by atoms with Gasteiger partial charge in [0.15, 0.2) is 0 Å².